The van der Waals surface area contributed by atoms with Crippen molar-refractivity contribution in [1.29, 1.82) is 0 Å². The number of amides is 2. The zero-order valence-electron chi connectivity index (χ0n) is 16.2. The van der Waals surface area contributed by atoms with Crippen molar-refractivity contribution < 1.29 is 14.3 Å². The highest BCUT2D eigenvalue weighted by atomic mass is 16.5. The van der Waals surface area contributed by atoms with E-state index in [0.29, 0.717) is 6.54 Å². The molecule has 6 nitrogen and oxygen atoms in total. The van der Waals surface area contributed by atoms with Gasteiger partial charge in [-0.2, -0.15) is 0 Å². The van der Waals surface area contributed by atoms with Gasteiger partial charge in [-0.1, -0.05) is 12.1 Å². The van der Waals surface area contributed by atoms with Crippen LogP contribution in [0.15, 0.2) is 54.9 Å². The molecule has 2 amide bonds. The Labute approximate surface area is 165 Å². The molecule has 1 aliphatic carbocycles. The fraction of sp³-hybridized carbons (Fsp3) is 0.318. The first kappa shape index (κ1) is 19.6. The molecule has 0 aliphatic heterocycles. The summed E-state index contributed by atoms with van der Waals surface area (Å²) >= 11 is 0. The lowest BCUT2D eigenvalue weighted by Gasteiger charge is -2.26. The third kappa shape index (κ3) is 5.42. The molecule has 6 heteroatoms. The molecule has 1 aromatic heterocycles. The fourth-order valence-electron chi connectivity index (χ4n) is 2.92. The standard InChI is InChI=1S/C22H25N3O3/c1-16(24-21(26)10-5-17-3-8-20(28-2)9-4-17)22(27)25(19-6-7-19)15-18-11-13-23-14-12-18/h3-5,8-14,16,19H,6-7,15H2,1-2H3,(H,24,26). The molecule has 0 bridgehead atoms. The van der Waals surface area contributed by atoms with E-state index < -0.39 is 6.04 Å². The van der Waals surface area contributed by atoms with Gasteiger partial charge in [-0.15, -0.1) is 0 Å². The Bertz CT molecular complexity index is 830. The van der Waals surface area contributed by atoms with Crippen LogP contribution in [0.5, 0.6) is 5.75 Å². The largest absolute Gasteiger partial charge is 0.497 e. The quantitative estimate of drug-likeness (QED) is 0.716. The first-order chi connectivity index (χ1) is 13.6. The number of ether oxygens (including phenoxy) is 1. The smallest absolute Gasteiger partial charge is 0.245 e. The second-order valence-electron chi connectivity index (χ2n) is 6.89. The van der Waals surface area contributed by atoms with E-state index in [1.165, 1.54) is 6.08 Å². The summed E-state index contributed by atoms with van der Waals surface area (Å²) in [5.41, 5.74) is 1.92. The van der Waals surface area contributed by atoms with E-state index in [1.807, 2.05) is 41.3 Å². The van der Waals surface area contributed by atoms with Crippen molar-refractivity contribution in [3.8, 4) is 5.75 Å². The van der Waals surface area contributed by atoms with Crippen molar-refractivity contribution in [2.24, 2.45) is 0 Å². The van der Waals surface area contributed by atoms with Gasteiger partial charge in [0.2, 0.25) is 11.8 Å². The zero-order chi connectivity index (χ0) is 19.9. The van der Waals surface area contributed by atoms with Gasteiger partial charge < -0.3 is 15.0 Å². The number of carbonyl (C=O) groups excluding carboxylic acids is 2. The molecule has 1 N–H and O–H groups in total. The van der Waals surface area contributed by atoms with Gasteiger partial charge >= 0.3 is 0 Å². The summed E-state index contributed by atoms with van der Waals surface area (Å²) in [6.07, 6.45) is 8.61. The zero-order valence-corrected chi connectivity index (χ0v) is 16.2. The molecular formula is C22H25N3O3. The van der Waals surface area contributed by atoms with Gasteiger partial charge in [0.15, 0.2) is 0 Å². The summed E-state index contributed by atoms with van der Waals surface area (Å²) < 4.78 is 5.11. The van der Waals surface area contributed by atoms with Crippen LogP contribution in [0, 0.1) is 0 Å². The van der Waals surface area contributed by atoms with Crippen LogP contribution in [0.3, 0.4) is 0 Å². The maximum absolute atomic E-state index is 12.9. The summed E-state index contributed by atoms with van der Waals surface area (Å²) in [6, 6.07) is 10.9. The lowest BCUT2D eigenvalue weighted by atomic mass is 10.2. The fourth-order valence-corrected chi connectivity index (χ4v) is 2.92. The van der Waals surface area contributed by atoms with Crippen LogP contribution < -0.4 is 10.1 Å². The average Bonchev–Trinajstić information content (AvgIpc) is 3.56. The van der Waals surface area contributed by atoms with E-state index in [0.717, 1.165) is 29.7 Å². The highest BCUT2D eigenvalue weighted by Gasteiger charge is 2.34. The third-order valence-electron chi connectivity index (χ3n) is 4.65. The van der Waals surface area contributed by atoms with E-state index in [9.17, 15) is 9.59 Å². The molecule has 1 unspecified atom stereocenters. The maximum atomic E-state index is 12.9. The summed E-state index contributed by atoms with van der Waals surface area (Å²) in [7, 11) is 1.61. The molecule has 2 aromatic rings. The molecule has 1 fully saturated rings. The molecule has 1 atom stereocenters. The SMILES string of the molecule is COc1ccc(C=CC(=O)NC(C)C(=O)N(Cc2ccncc2)C2CC2)cc1. The van der Waals surface area contributed by atoms with E-state index in [2.05, 4.69) is 10.3 Å². The van der Waals surface area contributed by atoms with E-state index in [-0.39, 0.29) is 17.9 Å². The van der Waals surface area contributed by atoms with Crippen LogP contribution in [0.1, 0.15) is 30.9 Å². The molecule has 1 aromatic carbocycles. The van der Waals surface area contributed by atoms with Crippen LogP contribution in [0.25, 0.3) is 6.08 Å². The molecule has 28 heavy (non-hydrogen) atoms. The Hall–Kier alpha value is -3.15. The minimum Gasteiger partial charge on any atom is -0.497 e. The number of nitrogens with one attached hydrogen (secondary N) is 1. The van der Waals surface area contributed by atoms with Crippen molar-refractivity contribution in [3.05, 3.63) is 66.0 Å². The van der Waals surface area contributed by atoms with Crippen LogP contribution in [-0.4, -0.2) is 40.9 Å². The Morgan fingerprint density at radius 2 is 1.89 bits per heavy atom. The van der Waals surface area contributed by atoms with Crippen LogP contribution in [0.2, 0.25) is 0 Å². The van der Waals surface area contributed by atoms with E-state index in [1.54, 1.807) is 32.5 Å². The summed E-state index contributed by atoms with van der Waals surface area (Å²) in [6.45, 7) is 2.26. The van der Waals surface area contributed by atoms with Crippen molar-refractivity contribution in [2.75, 3.05) is 7.11 Å². The number of hydrogen-bond acceptors (Lipinski definition) is 4. The monoisotopic (exact) mass is 379 g/mol. The predicted octanol–water partition coefficient (Wildman–Crippen LogP) is 2.80. The van der Waals surface area contributed by atoms with E-state index >= 15 is 0 Å². The third-order valence-corrected chi connectivity index (χ3v) is 4.65. The van der Waals surface area contributed by atoms with Gasteiger partial charge in [-0.3, -0.25) is 14.6 Å². The lowest BCUT2D eigenvalue weighted by molar-refractivity contribution is -0.136. The first-order valence-corrected chi connectivity index (χ1v) is 9.39. The Kier molecular flexibility index (Phi) is 6.42. The lowest BCUT2D eigenvalue weighted by Crippen LogP contribution is -2.47. The highest BCUT2D eigenvalue weighted by molar-refractivity contribution is 5.95. The number of aromatic nitrogens is 1. The van der Waals surface area contributed by atoms with Gasteiger partial charge in [0, 0.05) is 31.1 Å². The van der Waals surface area contributed by atoms with Crippen molar-refractivity contribution in [2.45, 2.75) is 38.4 Å². The van der Waals surface area contributed by atoms with E-state index in [4.69, 9.17) is 4.74 Å². The molecule has 0 radical (unpaired) electrons. The summed E-state index contributed by atoms with van der Waals surface area (Å²) in [4.78, 5) is 31.0. The molecule has 0 spiro atoms. The molecule has 3 rings (SSSR count). The summed E-state index contributed by atoms with van der Waals surface area (Å²) in [5, 5.41) is 2.77. The van der Waals surface area contributed by atoms with Gasteiger partial charge in [-0.05, 0) is 61.2 Å². The normalized spacial score (nSPS) is 14.5. The van der Waals surface area contributed by atoms with Crippen LogP contribution in [-0.2, 0) is 16.1 Å². The Balaban J connectivity index is 1.57. The number of benzene rings is 1. The van der Waals surface area contributed by atoms with Crippen molar-refractivity contribution >= 4 is 17.9 Å². The maximum Gasteiger partial charge on any atom is 0.245 e. The van der Waals surface area contributed by atoms with Crippen LogP contribution >= 0.6 is 0 Å². The second-order valence-corrected chi connectivity index (χ2v) is 6.89. The number of rotatable bonds is 8. The van der Waals surface area contributed by atoms with Crippen LogP contribution in [0.4, 0.5) is 0 Å². The average molecular weight is 379 g/mol. The van der Waals surface area contributed by atoms with Crippen molar-refractivity contribution in [1.82, 2.24) is 15.2 Å². The second kappa shape index (κ2) is 9.17. The number of methoxy groups -OCH3 is 1. The molecule has 1 aliphatic rings. The Morgan fingerprint density at radius 3 is 2.50 bits per heavy atom. The minimum atomic E-state index is -0.588. The molecule has 146 valence electrons. The topological polar surface area (TPSA) is 71.5 Å². The first-order valence-electron chi connectivity index (χ1n) is 9.39. The minimum absolute atomic E-state index is 0.0643. The molecular weight excluding hydrogens is 354 g/mol. The molecule has 0 saturated heterocycles. The number of carbonyl (C=O) groups is 2. The number of pyridine rings is 1. The van der Waals surface area contributed by atoms with Gasteiger partial charge in [0.25, 0.3) is 0 Å². The number of nitrogens with zero attached hydrogens (tertiary/aromatic N) is 2. The van der Waals surface area contributed by atoms with Gasteiger partial charge in [0.05, 0.1) is 7.11 Å². The molecule has 1 heterocycles. The number of hydrogen-bond donors (Lipinski definition) is 1. The van der Waals surface area contributed by atoms with Gasteiger partial charge in [-0.25, -0.2) is 0 Å². The Morgan fingerprint density at radius 1 is 1.21 bits per heavy atom. The van der Waals surface area contributed by atoms with Crippen molar-refractivity contribution in [3.63, 3.8) is 0 Å². The summed E-state index contributed by atoms with van der Waals surface area (Å²) in [5.74, 6) is 0.400. The predicted molar refractivity (Wildman–Crippen MR) is 107 cm³/mol. The highest BCUT2D eigenvalue weighted by Crippen LogP contribution is 2.29. The van der Waals surface area contributed by atoms with Gasteiger partial charge in [0.1, 0.15) is 11.8 Å². The molecule has 1 saturated carbocycles.